The summed E-state index contributed by atoms with van der Waals surface area (Å²) in [5.41, 5.74) is 15.7. The van der Waals surface area contributed by atoms with E-state index < -0.39 is 46.7 Å². The normalized spacial score (nSPS) is 16.0. The maximum atomic E-state index is 14.6. The molecular weight excluding hydrogens is 771 g/mol. The highest BCUT2D eigenvalue weighted by molar-refractivity contribution is 6.78. The summed E-state index contributed by atoms with van der Waals surface area (Å²) in [6.45, 7) is 29.5. The van der Waals surface area contributed by atoms with Crippen molar-refractivity contribution in [3.05, 3.63) is 53.7 Å². The Labute approximate surface area is 348 Å². The van der Waals surface area contributed by atoms with Crippen LogP contribution in [0.15, 0.2) is 42.6 Å². The summed E-state index contributed by atoms with van der Waals surface area (Å²) < 4.78 is 24.4. The van der Waals surface area contributed by atoms with Crippen molar-refractivity contribution >= 4 is 57.4 Å². The van der Waals surface area contributed by atoms with Crippen LogP contribution in [-0.2, 0) is 18.8 Å². The van der Waals surface area contributed by atoms with E-state index in [0.717, 1.165) is 11.1 Å². The van der Waals surface area contributed by atoms with Gasteiger partial charge in [0.1, 0.15) is 11.8 Å². The number of ether oxygens (including phenoxy) is 2. The van der Waals surface area contributed by atoms with E-state index in [0.29, 0.717) is 58.1 Å². The molecule has 1 aliphatic heterocycles. The van der Waals surface area contributed by atoms with Gasteiger partial charge in [0.25, 0.3) is 20.1 Å². The predicted octanol–water partition coefficient (Wildman–Crippen LogP) is 8.67. The number of carbonyl (C=O) groups excluding carboxylic acids is 4. The molecule has 0 aromatic heterocycles. The topological polar surface area (TPSA) is 185 Å². The second kappa shape index (κ2) is 19.1. The van der Waals surface area contributed by atoms with Gasteiger partial charge in [-0.1, -0.05) is 88.3 Å². The summed E-state index contributed by atoms with van der Waals surface area (Å²) in [4.78, 5) is 53.3. The summed E-state index contributed by atoms with van der Waals surface area (Å²) in [6.07, 6.45) is 0.184. The van der Waals surface area contributed by atoms with Crippen molar-refractivity contribution in [2.45, 2.75) is 142 Å². The summed E-state index contributed by atoms with van der Waals surface area (Å²) in [5, 5.41) is 5.37. The number of hydrogen-bond acceptors (Lipinski definition) is 9. The number of nitrogens with one attached hydrogen (secondary N) is 2. The predicted molar refractivity (Wildman–Crippen MR) is 237 cm³/mol. The minimum atomic E-state index is -2.36. The number of rotatable bonds is 17. The first-order valence-electron chi connectivity index (χ1n) is 20.3. The number of nitrogen functional groups attached to an aromatic ring is 1. The second-order valence-corrected chi connectivity index (χ2v) is 28.4. The molecule has 4 amide bonds. The van der Waals surface area contributed by atoms with Crippen LogP contribution in [0.5, 0.6) is 11.5 Å². The smallest absolute Gasteiger partial charge is 0.405 e. The lowest BCUT2D eigenvalue weighted by atomic mass is 10.0. The number of nitrogens with zero attached hydrogens (tertiary/aromatic N) is 1. The number of methoxy groups -OCH3 is 1. The average molecular weight is 840 g/mol. The molecule has 2 aromatic carbocycles. The Morgan fingerprint density at radius 2 is 1.45 bits per heavy atom. The first kappa shape index (κ1) is 48.0. The van der Waals surface area contributed by atoms with Crippen molar-refractivity contribution in [2.24, 2.45) is 11.7 Å². The number of benzene rings is 2. The molecule has 0 radical (unpaired) electrons. The molecular formula is C43H69N5O8Si2. The number of primary amides is 1. The molecule has 3 rings (SSSR count). The van der Waals surface area contributed by atoms with E-state index >= 15 is 0 Å². The minimum Gasteiger partial charge on any atom is -0.540 e. The Balaban J connectivity index is 1.94. The highest BCUT2D eigenvalue weighted by Crippen LogP contribution is 2.46. The number of amides is 4. The monoisotopic (exact) mass is 839 g/mol. The minimum absolute atomic E-state index is 0.0290. The van der Waals surface area contributed by atoms with Gasteiger partial charge in [-0.25, -0.2) is 4.79 Å². The zero-order chi connectivity index (χ0) is 44.1. The van der Waals surface area contributed by atoms with Crippen LogP contribution in [-0.4, -0.2) is 77.3 Å². The van der Waals surface area contributed by atoms with Crippen molar-refractivity contribution in [1.82, 2.24) is 10.2 Å². The molecule has 0 aliphatic carbocycles. The van der Waals surface area contributed by atoms with E-state index in [2.05, 4.69) is 86.0 Å². The fraction of sp³-hybridized carbons (Fsp3) is 0.581. The zero-order valence-corrected chi connectivity index (χ0v) is 39.4. The van der Waals surface area contributed by atoms with Crippen molar-refractivity contribution in [3.63, 3.8) is 0 Å². The lowest BCUT2D eigenvalue weighted by Crippen LogP contribution is -2.50. The van der Waals surface area contributed by atoms with Gasteiger partial charge in [-0.3, -0.25) is 14.4 Å². The molecule has 1 heterocycles. The summed E-state index contributed by atoms with van der Waals surface area (Å²) in [5.74, 6) is -0.701. The van der Waals surface area contributed by atoms with Crippen LogP contribution < -0.4 is 31.3 Å². The largest absolute Gasteiger partial charge is 0.540 e. The van der Waals surface area contributed by atoms with Gasteiger partial charge in [0.15, 0.2) is 20.2 Å². The van der Waals surface area contributed by atoms with Crippen LogP contribution in [0.25, 0.3) is 5.57 Å². The maximum Gasteiger partial charge on any atom is 0.405 e. The fourth-order valence-corrected chi connectivity index (χ4v) is 13.7. The standard InChI is InChI=1S/C43H69N5O8Si2/c1-25(2)38(55-42(45)52)40(50)46-29(9)39(49)47-32-18-16-30(17-19-32)31-20-33(24-54-57(14,15)43(10,11)12)48(23-31)41(51)34-21-36(53-13)37(22-35(34)44)56-58(26(3)4,27(5)6)28(7)8/h16-19,21-23,25-29,33,38H,20,24,44H2,1-15H3,(H2,45,52)(H,46,50)(H,47,49)/t29?,33-,38?/m0/s1. The number of nitrogens with two attached hydrogens (primary N) is 2. The molecule has 58 heavy (non-hydrogen) atoms. The van der Waals surface area contributed by atoms with Gasteiger partial charge >= 0.3 is 6.09 Å². The summed E-state index contributed by atoms with van der Waals surface area (Å²) >= 11 is 0. The van der Waals surface area contributed by atoms with Gasteiger partial charge in [-0.2, -0.15) is 0 Å². The summed E-state index contributed by atoms with van der Waals surface area (Å²) in [7, 11) is -2.96. The molecule has 2 unspecified atom stereocenters. The average Bonchev–Trinajstić information content (AvgIpc) is 3.55. The fourth-order valence-electron chi connectivity index (χ4n) is 7.44. The molecule has 15 heteroatoms. The third-order valence-corrected chi connectivity index (χ3v) is 22.3. The number of hydrogen-bond donors (Lipinski definition) is 4. The Bertz CT molecular complexity index is 1800. The third kappa shape index (κ3) is 11.0. The van der Waals surface area contributed by atoms with E-state index in [4.69, 9.17) is 29.8 Å². The number of anilines is 2. The molecule has 2 aromatic rings. The Morgan fingerprint density at radius 1 is 0.879 bits per heavy atom. The van der Waals surface area contributed by atoms with E-state index in [1.165, 1.54) is 6.92 Å². The van der Waals surface area contributed by atoms with Crippen molar-refractivity contribution < 1.29 is 37.5 Å². The maximum absolute atomic E-state index is 14.6. The lowest BCUT2D eigenvalue weighted by Gasteiger charge is -2.42. The molecule has 13 nitrogen and oxygen atoms in total. The van der Waals surface area contributed by atoms with E-state index in [-0.39, 0.29) is 22.9 Å². The molecule has 0 bridgehead atoms. The molecule has 6 N–H and O–H groups in total. The van der Waals surface area contributed by atoms with Gasteiger partial charge in [-0.05, 0) is 83.4 Å². The van der Waals surface area contributed by atoms with E-state index in [1.807, 2.05) is 18.3 Å². The van der Waals surface area contributed by atoms with Crippen molar-refractivity contribution in [2.75, 3.05) is 24.8 Å². The van der Waals surface area contributed by atoms with E-state index in [1.54, 1.807) is 50.1 Å². The van der Waals surface area contributed by atoms with Crippen LogP contribution in [0.2, 0.25) is 34.8 Å². The van der Waals surface area contributed by atoms with E-state index in [9.17, 15) is 19.2 Å². The first-order valence-corrected chi connectivity index (χ1v) is 25.3. The Kier molecular flexibility index (Phi) is 15.9. The zero-order valence-electron chi connectivity index (χ0n) is 37.4. The highest BCUT2D eigenvalue weighted by Gasteiger charge is 2.48. The van der Waals surface area contributed by atoms with Crippen LogP contribution in [0, 0.1) is 5.92 Å². The molecule has 0 fully saturated rings. The highest BCUT2D eigenvalue weighted by atomic mass is 28.4. The molecule has 0 saturated heterocycles. The second-order valence-electron chi connectivity index (χ2n) is 18.2. The van der Waals surface area contributed by atoms with Gasteiger partial charge in [0.05, 0.1) is 25.3 Å². The van der Waals surface area contributed by atoms with Crippen LogP contribution >= 0.6 is 0 Å². The van der Waals surface area contributed by atoms with Crippen molar-refractivity contribution in [1.29, 1.82) is 0 Å². The Hall–Kier alpha value is -4.35. The lowest BCUT2D eigenvalue weighted by molar-refractivity contribution is -0.134. The first-order chi connectivity index (χ1) is 26.8. The van der Waals surface area contributed by atoms with Crippen LogP contribution in [0.3, 0.4) is 0 Å². The van der Waals surface area contributed by atoms with Gasteiger partial charge in [0, 0.05) is 23.6 Å². The van der Waals surface area contributed by atoms with Crippen LogP contribution in [0.4, 0.5) is 16.2 Å². The van der Waals surface area contributed by atoms with Crippen LogP contribution in [0.1, 0.15) is 105 Å². The molecule has 0 saturated carbocycles. The molecule has 1 aliphatic rings. The van der Waals surface area contributed by atoms with Gasteiger partial charge in [0.2, 0.25) is 5.91 Å². The molecule has 3 atom stereocenters. The molecule has 322 valence electrons. The molecule has 0 spiro atoms. The van der Waals surface area contributed by atoms with Gasteiger partial charge < -0.3 is 45.3 Å². The summed E-state index contributed by atoms with van der Waals surface area (Å²) in [6, 6.07) is 9.46. The van der Waals surface area contributed by atoms with Crippen molar-refractivity contribution in [3.8, 4) is 11.5 Å². The number of carbonyl (C=O) groups is 4. The Morgan fingerprint density at radius 3 is 1.93 bits per heavy atom. The third-order valence-electron chi connectivity index (χ3n) is 11.8. The quantitative estimate of drug-likeness (QED) is 0.0894. The van der Waals surface area contributed by atoms with Gasteiger partial charge in [-0.15, -0.1) is 0 Å². The SMILES string of the molecule is COc1cc(C(=O)N2C=C(c3ccc(NC(=O)C(C)NC(=O)C(OC(N)=O)C(C)C)cc3)C[C@H]2CO[Si](C)(C)C(C)(C)C)c(N)cc1O[Si](C(C)C)(C(C)C)C(C)C.